The van der Waals surface area contributed by atoms with E-state index in [0.717, 1.165) is 0 Å². The molecule has 0 atom stereocenters. The van der Waals surface area contributed by atoms with E-state index in [9.17, 15) is 19.2 Å². The van der Waals surface area contributed by atoms with Gasteiger partial charge < -0.3 is 20.4 Å². The summed E-state index contributed by atoms with van der Waals surface area (Å²) in [6.45, 7) is 0. The molecule has 8 nitrogen and oxygen atoms in total. The Hall–Kier alpha value is -1.90. The van der Waals surface area contributed by atoms with Gasteiger partial charge in [0.15, 0.2) is 0 Å². The first-order chi connectivity index (χ1) is 9.25. The Kier molecular flexibility index (Phi) is 11.0. The third-order valence-electron chi connectivity index (χ3n) is 1.94. The molecule has 0 aliphatic rings. The van der Waals surface area contributed by atoms with E-state index in [-0.39, 0.29) is 53.5 Å². The first kappa shape index (κ1) is 21.4. The standard InChI is InChI=1S/C8H6O4.C4H6O4.Na.H/c9-7(10)5-3-1-2-4-6(5)8(11)12;5-3(6)1-2-4(7)8;;/h1-4H,(H,9,10)(H,11,12);1-2H2,(H,5,6)(H,7,8);;. The molecule has 4 N–H and O–H groups in total. The molecule has 0 saturated carbocycles. The molecule has 0 aromatic heterocycles. The first-order valence-corrected chi connectivity index (χ1v) is 5.25. The van der Waals surface area contributed by atoms with E-state index >= 15 is 0 Å². The minimum atomic E-state index is -1.23. The van der Waals surface area contributed by atoms with Crippen LogP contribution in [0.15, 0.2) is 24.3 Å². The van der Waals surface area contributed by atoms with Crippen LogP contribution in [0.1, 0.15) is 33.6 Å². The summed E-state index contributed by atoms with van der Waals surface area (Å²) in [6.07, 6.45) is -0.593. The fourth-order valence-corrected chi connectivity index (χ4v) is 1.07. The fourth-order valence-electron chi connectivity index (χ4n) is 1.07. The summed E-state index contributed by atoms with van der Waals surface area (Å²) in [6, 6.07) is 5.48. The molecule has 0 saturated heterocycles. The zero-order chi connectivity index (χ0) is 15.7. The van der Waals surface area contributed by atoms with Crippen molar-refractivity contribution in [2.45, 2.75) is 12.8 Å². The van der Waals surface area contributed by atoms with Crippen LogP contribution in [0.3, 0.4) is 0 Å². The molecule has 1 aromatic carbocycles. The van der Waals surface area contributed by atoms with Crippen molar-refractivity contribution in [3.05, 3.63) is 35.4 Å². The summed E-state index contributed by atoms with van der Waals surface area (Å²) in [5.41, 5.74) is -0.380. The van der Waals surface area contributed by atoms with Crippen LogP contribution in [0.4, 0.5) is 0 Å². The average molecular weight is 308 g/mol. The van der Waals surface area contributed by atoms with Crippen molar-refractivity contribution in [2.24, 2.45) is 0 Å². The van der Waals surface area contributed by atoms with Crippen molar-refractivity contribution < 1.29 is 39.6 Å². The summed E-state index contributed by atoms with van der Waals surface area (Å²) >= 11 is 0. The molecule has 0 bridgehead atoms. The normalized spacial score (nSPS) is 8.57. The molecule has 0 amide bonds. The number of aliphatic carboxylic acids is 2. The zero-order valence-electron chi connectivity index (χ0n) is 10.1. The number of rotatable bonds is 5. The van der Waals surface area contributed by atoms with E-state index in [0.29, 0.717) is 0 Å². The monoisotopic (exact) mass is 308 g/mol. The van der Waals surface area contributed by atoms with Crippen molar-refractivity contribution in [1.29, 1.82) is 0 Å². The number of aromatic carboxylic acids is 2. The Morgan fingerprint density at radius 3 is 1.19 bits per heavy atom. The molecular formula is C12H13NaO8. The van der Waals surface area contributed by atoms with E-state index < -0.39 is 23.9 Å². The average Bonchev–Trinajstić information content (AvgIpc) is 2.37. The Morgan fingerprint density at radius 2 is 1.00 bits per heavy atom. The van der Waals surface area contributed by atoms with Gasteiger partial charge in [-0.3, -0.25) is 9.59 Å². The SMILES string of the molecule is O=C(O)CCC(=O)O.O=C(O)c1ccccc1C(=O)O.[NaH]. The number of carboxylic acids is 4. The summed E-state index contributed by atoms with van der Waals surface area (Å²) in [7, 11) is 0. The second-order valence-corrected chi connectivity index (χ2v) is 3.44. The summed E-state index contributed by atoms with van der Waals surface area (Å²) in [5, 5.41) is 32.9. The van der Waals surface area contributed by atoms with Crippen LogP contribution >= 0.6 is 0 Å². The number of hydrogen-bond donors (Lipinski definition) is 4. The van der Waals surface area contributed by atoms with Gasteiger partial charge in [-0.1, -0.05) is 12.1 Å². The van der Waals surface area contributed by atoms with Crippen LogP contribution in [0.2, 0.25) is 0 Å². The van der Waals surface area contributed by atoms with Crippen LogP contribution < -0.4 is 0 Å². The molecule has 1 rings (SSSR count). The first-order valence-electron chi connectivity index (χ1n) is 5.25. The molecule has 9 heteroatoms. The fraction of sp³-hybridized carbons (Fsp3) is 0.167. The third-order valence-corrected chi connectivity index (χ3v) is 1.94. The summed E-state index contributed by atoms with van der Waals surface area (Å²) in [4.78, 5) is 40.2. The predicted molar refractivity (Wildman–Crippen MR) is 72.0 cm³/mol. The second kappa shape index (κ2) is 10.8. The van der Waals surface area contributed by atoms with Crippen molar-refractivity contribution >= 4 is 53.4 Å². The Balaban J connectivity index is 0. The van der Waals surface area contributed by atoms with Crippen LogP contribution in [0.5, 0.6) is 0 Å². The van der Waals surface area contributed by atoms with E-state index in [4.69, 9.17) is 20.4 Å². The van der Waals surface area contributed by atoms with E-state index in [1.165, 1.54) is 24.3 Å². The van der Waals surface area contributed by atoms with Crippen LogP contribution in [0, 0.1) is 0 Å². The molecule has 0 heterocycles. The van der Waals surface area contributed by atoms with Gasteiger partial charge in [0.05, 0.1) is 24.0 Å². The molecule has 0 unspecified atom stereocenters. The van der Waals surface area contributed by atoms with Gasteiger partial charge in [-0.15, -0.1) is 0 Å². The van der Waals surface area contributed by atoms with Crippen LogP contribution in [-0.2, 0) is 9.59 Å². The van der Waals surface area contributed by atoms with Gasteiger partial charge in [-0.05, 0) is 12.1 Å². The van der Waals surface area contributed by atoms with Crippen molar-refractivity contribution in [3.8, 4) is 0 Å². The van der Waals surface area contributed by atoms with E-state index in [1.54, 1.807) is 0 Å². The maximum absolute atomic E-state index is 10.5. The molecule has 0 radical (unpaired) electrons. The predicted octanol–water partition coefficient (Wildman–Crippen LogP) is 0.370. The topological polar surface area (TPSA) is 149 Å². The second-order valence-electron chi connectivity index (χ2n) is 3.44. The summed E-state index contributed by atoms with van der Waals surface area (Å²) < 4.78 is 0. The zero-order valence-corrected chi connectivity index (χ0v) is 10.1. The van der Waals surface area contributed by atoms with Gasteiger partial charge in [0.25, 0.3) is 0 Å². The molecule has 1 aromatic rings. The molecule has 0 spiro atoms. The van der Waals surface area contributed by atoms with E-state index in [1.807, 2.05) is 0 Å². The number of carboxylic acid groups (broad SMARTS) is 4. The Labute approximate surface area is 141 Å². The van der Waals surface area contributed by atoms with Crippen LogP contribution in [-0.4, -0.2) is 73.9 Å². The quantitative estimate of drug-likeness (QED) is 0.570. The molecule has 0 aliphatic heterocycles. The van der Waals surface area contributed by atoms with Crippen molar-refractivity contribution in [2.75, 3.05) is 0 Å². The van der Waals surface area contributed by atoms with Gasteiger partial charge >= 0.3 is 53.4 Å². The Morgan fingerprint density at radius 1 is 0.714 bits per heavy atom. The number of carbonyl (C=O) groups is 4. The molecule has 110 valence electrons. The van der Waals surface area contributed by atoms with Crippen molar-refractivity contribution in [3.63, 3.8) is 0 Å². The minimum absolute atomic E-state index is 0. The van der Waals surface area contributed by atoms with Gasteiger partial charge in [-0.25, -0.2) is 9.59 Å². The van der Waals surface area contributed by atoms with Crippen molar-refractivity contribution in [1.82, 2.24) is 0 Å². The number of hydrogen-bond acceptors (Lipinski definition) is 4. The van der Waals surface area contributed by atoms with Gasteiger partial charge in [0.2, 0.25) is 0 Å². The molecule has 21 heavy (non-hydrogen) atoms. The van der Waals surface area contributed by atoms with E-state index in [2.05, 4.69) is 0 Å². The molecule has 0 aliphatic carbocycles. The van der Waals surface area contributed by atoms with Gasteiger partial charge in [-0.2, -0.15) is 0 Å². The van der Waals surface area contributed by atoms with Crippen LogP contribution in [0.25, 0.3) is 0 Å². The van der Waals surface area contributed by atoms with Gasteiger partial charge in [0.1, 0.15) is 0 Å². The number of benzene rings is 1. The maximum atomic E-state index is 10.5. The molecular weight excluding hydrogens is 295 g/mol. The third kappa shape index (κ3) is 9.61. The molecule has 0 fully saturated rings. The Bertz CT molecular complexity index is 479. The van der Waals surface area contributed by atoms with Gasteiger partial charge in [0, 0.05) is 0 Å². The summed E-state index contributed by atoms with van der Waals surface area (Å²) in [5.74, 6) is -4.61.